The van der Waals surface area contributed by atoms with Crippen molar-refractivity contribution in [2.45, 2.75) is 25.1 Å². The molecule has 2 aromatic carbocycles. The summed E-state index contributed by atoms with van der Waals surface area (Å²) in [6.45, 7) is 0.368. The SMILES string of the molecule is COc1ccc(CC(=O)N2C(C=O)OC[C@H]2Cc2ccccc2)cc1. The van der Waals surface area contributed by atoms with E-state index >= 15 is 0 Å². The number of aldehydes is 1. The largest absolute Gasteiger partial charge is 0.497 e. The number of carbonyl (C=O) groups is 2. The molecule has 5 heteroatoms. The van der Waals surface area contributed by atoms with Gasteiger partial charge >= 0.3 is 0 Å². The molecule has 1 amide bonds. The van der Waals surface area contributed by atoms with Gasteiger partial charge in [0.15, 0.2) is 12.5 Å². The number of ether oxygens (including phenoxy) is 2. The van der Waals surface area contributed by atoms with Gasteiger partial charge in [-0.25, -0.2) is 0 Å². The van der Waals surface area contributed by atoms with E-state index in [0.717, 1.165) is 16.9 Å². The summed E-state index contributed by atoms with van der Waals surface area (Å²) in [5.74, 6) is 0.633. The highest BCUT2D eigenvalue weighted by atomic mass is 16.5. The third kappa shape index (κ3) is 4.06. The second-order valence-corrected chi connectivity index (χ2v) is 6.03. The average molecular weight is 339 g/mol. The normalized spacial score (nSPS) is 19.6. The Morgan fingerprint density at radius 3 is 2.52 bits per heavy atom. The van der Waals surface area contributed by atoms with Crippen molar-refractivity contribution in [1.29, 1.82) is 0 Å². The molecule has 1 saturated heterocycles. The van der Waals surface area contributed by atoms with Crippen molar-refractivity contribution in [3.05, 3.63) is 65.7 Å². The third-order valence-electron chi connectivity index (χ3n) is 4.36. The van der Waals surface area contributed by atoms with Crippen LogP contribution in [0.25, 0.3) is 0 Å². The van der Waals surface area contributed by atoms with Gasteiger partial charge in [0.1, 0.15) is 5.75 Å². The van der Waals surface area contributed by atoms with Gasteiger partial charge in [-0.1, -0.05) is 42.5 Å². The summed E-state index contributed by atoms with van der Waals surface area (Å²) in [6.07, 6.45) is 0.777. The van der Waals surface area contributed by atoms with Crippen molar-refractivity contribution in [2.75, 3.05) is 13.7 Å². The van der Waals surface area contributed by atoms with E-state index in [1.165, 1.54) is 0 Å². The maximum absolute atomic E-state index is 12.8. The second kappa shape index (κ2) is 7.94. The van der Waals surface area contributed by atoms with Crippen LogP contribution in [0.5, 0.6) is 5.75 Å². The van der Waals surface area contributed by atoms with E-state index < -0.39 is 6.23 Å². The molecule has 0 N–H and O–H groups in total. The number of benzene rings is 2. The first-order valence-electron chi connectivity index (χ1n) is 8.26. The molecule has 2 aromatic rings. The van der Waals surface area contributed by atoms with E-state index in [4.69, 9.17) is 9.47 Å². The number of methoxy groups -OCH3 is 1. The Bertz CT molecular complexity index is 714. The van der Waals surface area contributed by atoms with E-state index in [1.54, 1.807) is 12.0 Å². The minimum absolute atomic E-state index is 0.110. The molecule has 0 radical (unpaired) electrons. The summed E-state index contributed by atoms with van der Waals surface area (Å²) in [7, 11) is 1.60. The standard InChI is InChI=1S/C20H21NO4/c1-24-18-9-7-16(8-10-18)12-19(23)21-17(14-25-20(21)13-22)11-15-5-3-2-4-6-15/h2-10,13,17,20H,11-12,14H2,1H3/t17-,20?/m1/s1. The topological polar surface area (TPSA) is 55.8 Å². The Morgan fingerprint density at radius 1 is 1.16 bits per heavy atom. The van der Waals surface area contributed by atoms with E-state index in [0.29, 0.717) is 19.3 Å². The van der Waals surface area contributed by atoms with Crippen molar-refractivity contribution in [1.82, 2.24) is 4.90 Å². The number of rotatable bonds is 6. The summed E-state index contributed by atoms with van der Waals surface area (Å²) < 4.78 is 10.6. The molecule has 5 nitrogen and oxygen atoms in total. The van der Waals surface area contributed by atoms with Crippen LogP contribution in [0, 0.1) is 0 Å². The van der Waals surface area contributed by atoms with Gasteiger partial charge in [-0.15, -0.1) is 0 Å². The quantitative estimate of drug-likeness (QED) is 0.758. The van der Waals surface area contributed by atoms with Gasteiger partial charge in [0, 0.05) is 0 Å². The molecule has 1 aliphatic rings. The number of nitrogens with zero attached hydrogens (tertiary/aromatic N) is 1. The molecule has 1 heterocycles. The predicted octanol–water partition coefficient (Wildman–Crippen LogP) is 2.23. The minimum atomic E-state index is -0.806. The molecule has 0 aliphatic carbocycles. The fraction of sp³-hybridized carbons (Fsp3) is 0.300. The molecule has 130 valence electrons. The molecule has 2 atom stereocenters. The summed E-state index contributed by atoms with van der Waals surface area (Å²) in [6, 6.07) is 17.1. The highest BCUT2D eigenvalue weighted by molar-refractivity contribution is 5.82. The fourth-order valence-corrected chi connectivity index (χ4v) is 3.08. The monoisotopic (exact) mass is 339 g/mol. The Hall–Kier alpha value is -2.66. The lowest BCUT2D eigenvalue weighted by atomic mass is 10.0. The van der Waals surface area contributed by atoms with Crippen LogP contribution in [0.2, 0.25) is 0 Å². The number of amides is 1. The molecular weight excluding hydrogens is 318 g/mol. The molecule has 1 aliphatic heterocycles. The third-order valence-corrected chi connectivity index (χ3v) is 4.36. The van der Waals surface area contributed by atoms with Crippen molar-refractivity contribution in [2.24, 2.45) is 0 Å². The first-order valence-corrected chi connectivity index (χ1v) is 8.26. The Morgan fingerprint density at radius 2 is 1.88 bits per heavy atom. The minimum Gasteiger partial charge on any atom is -0.497 e. The van der Waals surface area contributed by atoms with Gasteiger partial charge in [0.25, 0.3) is 0 Å². The van der Waals surface area contributed by atoms with E-state index in [1.807, 2.05) is 54.6 Å². The van der Waals surface area contributed by atoms with Gasteiger partial charge in [-0.3, -0.25) is 9.59 Å². The van der Waals surface area contributed by atoms with E-state index in [9.17, 15) is 9.59 Å². The van der Waals surface area contributed by atoms with E-state index in [-0.39, 0.29) is 18.4 Å². The van der Waals surface area contributed by atoms with Crippen LogP contribution in [0.4, 0.5) is 0 Å². The maximum Gasteiger partial charge on any atom is 0.229 e. The highest BCUT2D eigenvalue weighted by Gasteiger charge is 2.37. The molecule has 1 fully saturated rings. The summed E-state index contributed by atoms with van der Waals surface area (Å²) in [4.78, 5) is 25.7. The first-order chi connectivity index (χ1) is 12.2. The molecule has 1 unspecified atom stereocenters. The van der Waals surface area contributed by atoms with Crippen molar-refractivity contribution >= 4 is 12.2 Å². The van der Waals surface area contributed by atoms with Crippen LogP contribution in [0.3, 0.4) is 0 Å². The lowest BCUT2D eigenvalue weighted by Gasteiger charge is -2.26. The Labute approximate surface area is 147 Å². The summed E-state index contributed by atoms with van der Waals surface area (Å²) in [5, 5.41) is 0. The highest BCUT2D eigenvalue weighted by Crippen LogP contribution is 2.22. The zero-order valence-corrected chi connectivity index (χ0v) is 14.1. The number of carbonyl (C=O) groups excluding carboxylic acids is 2. The molecule has 3 rings (SSSR count). The summed E-state index contributed by atoms with van der Waals surface area (Å²) >= 11 is 0. The number of hydrogen-bond acceptors (Lipinski definition) is 4. The predicted molar refractivity (Wildman–Crippen MR) is 93.3 cm³/mol. The molecule has 0 spiro atoms. The molecular formula is C20H21NO4. The number of hydrogen-bond donors (Lipinski definition) is 0. The second-order valence-electron chi connectivity index (χ2n) is 6.03. The van der Waals surface area contributed by atoms with Crippen LogP contribution < -0.4 is 4.74 Å². The van der Waals surface area contributed by atoms with Crippen molar-refractivity contribution < 1.29 is 19.1 Å². The average Bonchev–Trinajstić information content (AvgIpc) is 3.06. The molecule has 0 aromatic heterocycles. The van der Waals surface area contributed by atoms with Gasteiger partial charge in [0.2, 0.25) is 5.91 Å². The molecule has 0 bridgehead atoms. The van der Waals surface area contributed by atoms with Crippen LogP contribution >= 0.6 is 0 Å². The summed E-state index contributed by atoms with van der Waals surface area (Å²) in [5.41, 5.74) is 1.99. The van der Waals surface area contributed by atoms with Gasteiger partial charge < -0.3 is 14.4 Å². The molecule has 25 heavy (non-hydrogen) atoms. The lowest BCUT2D eigenvalue weighted by molar-refractivity contribution is -0.141. The molecule has 0 saturated carbocycles. The van der Waals surface area contributed by atoms with Crippen LogP contribution in [0.15, 0.2) is 54.6 Å². The Balaban J connectivity index is 1.72. The Kier molecular flexibility index (Phi) is 5.46. The van der Waals surface area contributed by atoms with Gasteiger partial charge in [-0.05, 0) is 29.7 Å². The van der Waals surface area contributed by atoms with Gasteiger partial charge in [0.05, 0.1) is 26.2 Å². The van der Waals surface area contributed by atoms with Gasteiger partial charge in [-0.2, -0.15) is 0 Å². The van der Waals surface area contributed by atoms with Crippen LogP contribution in [-0.2, 0) is 27.2 Å². The zero-order valence-electron chi connectivity index (χ0n) is 14.1. The van der Waals surface area contributed by atoms with E-state index in [2.05, 4.69) is 0 Å². The van der Waals surface area contributed by atoms with Crippen LogP contribution in [0.1, 0.15) is 11.1 Å². The smallest absolute Gasteiger partial charge is 0.229 e. The lowest BCUT2D eigenvalue weighted by Crippen LogP contribution is -2.44. The van der Waals surface area contributed by atoms with Crippen molar-refractivity contribution in [3.63, 3.8) is 0 Å². The first kappa shape index (κ1) is 17.2. The van der Waals surface area contributed by atoms with Crippen molar-refractivity contribution in [3.8, 4) is 5.75 Å². The zero-order chi connectivity index (χ0) is 17.6. The fourth-order valence-electron chi connectivity index (χ4n) is 3.08. The van der Waals surface area contributed by atoms with Crippen LogP contribution in [-0.4, -0.2) is 43.1 Å². The maximum atomic E-state index is 12.8.